The second kappa shape index (κ2) is 6.34. The smallest absolute Gasteiger partial charge is 0.243 e. The molecule has 19 heavy (non-hydrogen) atoms. The summed E-state index contributed by atoms with van der Waals surface area (Å²) in [6.07, 6.45) is 2.81. The number of sulfonamides is 1. The molecular weight excluding hydrogens is 267 g/mol. The Bertz CT molecular complexity index is 544. The molecule has 0 unspecified atom stereocenters. The van der Waals surface area contributed by atoms with E-state index in [1.165, 1.54) is 17.4 Å². The third-order valence-corrected chi connectivity index (χ3v) is 5.06. The van der Waals surface area contributed by atoms with E-state index < -0.39 is 15.8 Å². The number of nitrogens with two attached hydrogens (primary N) is 1. The van der Waals surface area contributed by atoms with E-state index in [9.17, 15) is 12.8 Å². The number of unbranched alkanes of at least 4 members (excludes halogenated alkanes) is 2. The molecule has 0 saturated carbocycles. The monoisotopic (exact) mass is 288 g/mol. The van der Waals surface area contributed by atoms with Gasteiger partial charge in [-0.3, -0.25) is 0 Å². The minimum Gasteiger partial charge on any atom is -0.396 e. The van der Waals surface area contributed by atoms with Crippen LogP contribution in [0, 0.1) is 12.7 Å². The number of aryl methyl sites for hydroxylation is 1. The minimum atomic E-state index is -3.60. The molecule has 1 rings (SSSR count). The largest absolute Gasteiger partial charge is 0.396 e. The van der Waals surface area contributed by atoms with Gasteiger partial charge in [0.1, 0.15) is 5.82 Å². The predicted octanol–water partition coefficient (Wildman–Crippen LogP) is 2.53. The zero-order valence-electron chi connectivity index (χ0n) is 11.6. The van der Waals surface area contributed by atoms with E-state index in [-0.39, 0.29) is 10.6 Å². The lowest BCUT2D eigenvalue weighted by molar-refractivity contribution is 0.454. The number of benzene rings is 1. The molecule has 6 heteroatoms. The highest BCUT2D eigenvalue weighted by Crippen LogP contribution is 2.24. The average molecular weight is 288 g/mol. The second-order valence-electron chi connectivity index (χ2n) is 4.67. The molecule has 0 fully saturated rings. The van der Waals surface area contributed by atoms with E-state index in [1.54, 1.807) is 6.92 Å². The van der Waals surface area contributed by atoms with Crippen LogP contribution in [0.5, 0.6) is 0 Å². The summed E-state index contributed by atoms with van der Waals surface area (Å²) in [6, 6.07) is 2.35. The summed E-state index contributed by atoms with van der Waals surface area (Å²) >= 11 is 0. The topological polar surface area (TPSA) is 63.4 Å². The van der Waals surface area contributed by atoms with Crippen LogP contribution in [-0.4, -0.2) is 26.3 Å². The van der Waals surface area contributed by atoms with E-state index in [0.29, 0.717) is 12.1 Å². The Morgan fingerprint density at radius 1 is 1.32 bits per heavy atom. The van der Waals surface area contributed by atoms with Crippen molar-refractivity contribution in [3.63, 3.8) is 0 Å². The van der Waals surface area contributed by atoms with Gasteiger partial charge in [-0.05, 0) is 31.0 Å². The first kappa shape index (κ1) is 15.9. The molecule has 0 amide bonds. The van der Waals surface area contributed by atoms with Gasteiger partial charge in [0.05, 0.1) is 10.6 Å². The fourth-order valence-electron chi connectivity index (χ4n) is 1.82. The van der Waals surface area contributed by atoms with Gasteiger partial charge >= 0.3 is 0 Å². The van der Waals surface area contributed by atoms with Crippen molar-refractivity contribution < 1.29 is 12.8 Å². The van der Waals surface area contributed by atoms with Crippen molar-refractivity contribution in [2.24, 2.45) is 0 Å². The molecule has 0 radical (unpaired) electrons. The van der Waals surface area contributed by atoms with Crippen LogP contribution >= 0.6 is 0 Å². The van der Waals surface area contributed by atoms with Gasteiger partial charge in [-0.2, -0.15) is 0 Å². The Morgan fingerprint density at radius 3 is 2.53 bits per heavy atom. The molecule has 0 aromatic heterocycles. The molecule has 1 aromatic rings. The Balaban J connectivity index is 3.03. The molecule has 4 nitrogen and oxygen atoms in total. The molecule has 0 aliphatic rings. The molecule has 0 spiro atoms. The average Bonchev–Trinajstić information content (AvgIpc) is 2.33. The number of nitrogen functional groups attached to an aromatic ring is 1. The van der Waals surface area contributed by atoms with Crippen LogP contribution in [0.3, 0.4) is 0 Å². The van der Waals surface area contributed by atoms with Gasteiger partial charge in [-0.15, -0.1) is 0 Å². The minimum absolute atomic E-state index is 0.0744. The van der Waals surface area contributed by atoms with E-state index in [2.05, 4.69) is 6.92 Å². The van der Waals surface area contributed by atoms with E-state index >= 15 is 0 Å². The molecule has 0 bridgehead atoms. The molecule has 2 N–H and O–H groups in total. The number of hydrogen-bond donors (Lipinski definition) is 1. The van der Waals surface area contributed by atoms with Crippen molar-refractivity contribution in [3.05, 3.63) is 23.5 Å². The van der Waals surface area contributed by atoms with Gasteiger partial charge in [0.15, 0.2) is 0 Å². The number of nitrogens with zero attached hydrogens (tertiary/aromatic N) is 1. The van der Waals surface area contributed by atoms with Crippen molar-refractivity contribution in [3.8, 4) is 0 Å². The lowest BCUT2D eigenvalue weighted by atomic mass is 10.2. The zero-order chi connectivity index (χ0) is 14.6. The van der Waals surface area contributed by atoms with Crippen molar-refractivity contribution in [1.82, 2.24) is 4.31 Å². The quantitative estimate of drug-likeness (QED) is 0.646. The van der Waals surface area contributed by atoms with Crippen LogP contribution in [0.25, 0.3) is 0 Å². The summed E-state index contributed by atoms with van der Waals surface area (Å²) in [6.45, 7) is 4.07. The summed E-state index contributed by atoms with van der Waals surface area (Å²) in [4.78, 5) is 0.0744. The summed E-state index contributed by atoms with van der Waals surface area (Å²) < 4.78 is 39.3. The normalized spacial score (nSPS) is 12.1. The van der Waals surface area contributed by atoms with Crippen LogP contribution in [0.2, 0.25) is 0 Å². The number of hydrogen-bond acceptors (Lipinski definition) is 3. The third-order valence-electron chi connectivity index (χ3n) is 3.06. The molecule has 1 aromatic carbocycles. The maximum atomic E-state index is 13.3. The molecule has 0 heterocycles. The number of anilines is 1. The van der Waals surface area contributed by atoms with Gasteiger partial charge < -0.3 is 5.73 Å². The molecule has 0 aliphatic carbocycles. The van der Waals surface area contributed by atoms with Gasteiger partial charge in [-0.25, -0.2) is 17.1 Å². The first-order chi connectivity index (χ1) is 8.80. The van der Waals surface area contributed by atoms with Gasteiger partial charge in [0, 0.05) is 13.6 Å². The van der Waals surface area contributed by atoms with Crippen LogP contribution in [0.15, 0.2) is 17.0 Å². The Morgan fingerprint density at radius 2 is 1.95 bits per heavy atom. The highest BCUT2D eigenvalue weighted by molar-refractivity contribution is 7.89. The maximum absolute atomic E-state index is 13.3. The van der Waals surface area contributed by atoms with Crippen LogP contribution in [0.4, 0.5) is 10.1 Å². The van der Waals surface area contributed by atoms with Crippen molar-refractivity contribution in [1.29, 1.82) is 0 Å². The first-order valence-electron chi connectivity index (χ1n) is 6.32. The predicted molar refractivity (Wildman–Crippen MR) is 74.9 cm³/mol. The summed E-state index contributed by atoms with van der Waals surface area (Å²) in [5.41, 5.74) is 5.67. The molecular formula is C13H21FN2O2S. The van der Waals surface area contributed by atoms with Gasteiger partial charge in [0.25, 0.3) is 0 Å². The maximum Gasteiger partial charge on any atom is 0.243 e. The third kappa shape index (κ3) is 3.67. The van der Waals surface area contributed by atoms with Crippen molar-refractivity contribution in [2.45, 2.75) is 38.0 Å². The first-order valence-corrected chi connectivity index (χ1v) is 7.76. The zero-order valence-corrected chi connectivity index (χ0v) is 12.4. The highest BCUT2D eigenvalue weighted by Gasteiger charge is 2.23. The summed E-state index contributed by atoms with van der Waals surface area (Å²) in [7, 11) is -2.07. The SMILES string of the molecule is CCCCCN(C)S(=O)(=O)c1cc(N)c(F)cc1C. The molecule has 108 valence electrons. The summed E-state index contributed by atoms with van der Waals surface area (Å²) in [5.74, 6) is -0.593. The van der Waals surface area contributed by atoms with Crippen molar-refractivity contribution in [2.75, 3.05) is 19.3 Å². The lowest BCUT2D eigenvalue weighted by Crippen LogP contribution is -2.28. The fourth-order valence-corrected chi connectivity index (χ4v) is 3.27. The molecule has 0 saturated heterocycles. The number of rotatable bonds is 6. The Labute approximate surface area is 114 Å². The van der Waals surface area contributed by atoms with Gasteiger partial charge in [0.2, 0.25) is 10.0 Å². The summed E-state index contributed by atoms with van der Waals surface area (Å²) in [5, 5.41) is 0. The number of halogens is 1. The van der Waals surface area contributed by atoms with E-state index in [0.717, 1.165) is 25.3 Å². The second-order valence-corrected chi connectivity index (χ2v) is 6.69. The van der Waals surface area contributed by atoms with Crippen LogP contribution < -0.4 is 5.73 Å². The Kier molecular flexibility index (Phi) is 5.31. The van der Waals surface area contributed by atoms with E-state index in [4.69, 9.17) is 5.73 Å². The van der Waals surface area contributed by atoms with Gasteiger partial charge in [-0.1, -0.05) is 19.8 Å². The lowest BCUT2D eigenvalue weighted by Gasteiger charge is -2.18. The fraction of sp³-hybridized carbons (Fsp3) is 0.538. The standard InChI is InChI=1S/C13H21FN2O2S/c1-4-5-6-7-16(3)19(17,18)13-9-12(15)11(14)8-10(13)2/h8-9H,4-7,15H2,1-3H3. The van der Waals surface area contributed by atoms with E-state index in [1.807, 2.05) is 0 Å². The van der Waals surface area contributed by atoms with Crippen LogP contribution in [-0.2, 0) is 10.0 Å². The van der Waals surface area contributed by atoms with Crippen molar-refractivity contribution >= 4 is 15.7 Å². The highest BCUT2D eigenvalue weighted by atomic mass is 32.2. The molecule has 0 aliphatic heterocycles. The Hall–Kier alpha value is -1.14. The van der Waals surface area contributed by atoms with Crippen LogP contribution in [0.1, 0.15) is 31.7 Å². The molecule has 0 atom stereocenters.